The van der Waals surface area contributed by atoms with Gasteiger partial charge >= 0.3 is 0 Å². The van der Waals surface area contributed by atoms with Crippen molar-refractivity contribution in [3.05, 3.63) is 35.9 Å². The Morgan fingerprint density at radius 2 is 1.76 bits per heavy atom. The molecule has 0 bridgehead atoms. The lowest BCUT2D eigenvalue weighted by atomic mass is 10.1. The summed E-state index contributed by atoms with van der Waals surface area (Å²) in [6.07, 6.45) is 8.04. The van der Waals surface area contributed by atoms with Crippen LogP contribution in [-0.2, 0) is 5.75 Å². The van der Waals surface area contributed by atoms with Crippen molar-refractivity contribution in [2.45, 2.75) is 55.8 Å². The number of hydrogen-bond donors (Lipinski definition) is 1. The number of unbranched alkanes of at least 4 members (excludes halogenated alkanes) is 4. The molecule has 1 aromatic rings. The summed E-state index contributed by atoms with van der Waals surface area (Å²) in [5, 5.41) is 0. The molecule has 1 aromatic carbocycles. The quantitative estimate of drug-likeness (QED) is 0.349. The second-order valence-corrected chi connectivity index (χ2v) is 6.62. The van der Waals surface area contributed by atoms with Crippen molar-refractivity contribution in [2.24, 2.45) is 0 Å². The van der Waals surface area contributed by atoms with Gasteiger partial charge in [0.2, 0.25) is 0 Å². The van der Waals surface area contributed by atoms with Crippen LogP contribution in [0.25, 0.3) is 0 Å². The van der Waals surface area contributed by atoms with Crippen LogP contribution in [0, 0.1) is 0 Å². The molecule has 0 amide bonds. The summed E-state index contributed by atoms with van der Waals surface area (Å²) in [6, 6.07) is 10.7. The maximum atomic E-state index is 4.65. The summed E-state index contributed by atoms with van der Waals surface area (Å²) >= 11 is 6.61. The van der Waals surface area contributed by atoms with Crippen LogP contribution in [0.15, 0.2) is 30.3 Å². The van der Waals surface area contributed by atoms with Crippen LogP contribution in [0.4, 0.5) is 0 Å². The van der Waals surface area contributed by atoms with Gasteiger partial charge in [-0.15, -0.1) is 11.8 Å². The molecule has 0 fully saturated rings. The zero-order valence-electron chi connectivity index (χ0n) is 10.8. The van der Waals surface area contributed by atoms with E-state index in [0.717, 1.165) is 5.75 Å². The molecule has 96 valence electrons. The normalized spacial score (nSPS) is 12.6. The molecule has 0 nitrogen and oxygen atoms in total. The fourth-order valence-electron chi connectivity index (χ4n) is 1.77. The Morgan fingerprint density at radius 3 is 2.47 bits per heavy atom. The third kappa shape index (κ3) is 7.77. The number of rotatable bonds is 9. The molecule has 1 atom stereocenters. The third-order valence-electron chi connectivity index (χ3n) is 2.84. The van der Waals surface area contributed by atoms with Gasteiger partial charge < -0.3 is 0 Å². The molecule has 0 aliphatic carbocycles. The van der Waals surface area contributed by atoms with Crippen LogP contribution in [0.5, 0.6) is 0 Å². The van der Waals surface area contributed by atoms with Crippen molar-refractivity contribution in [3.63, 3.8) is 0 Å². The first-order valence-electron chi connectivity index (χ1n) is 6.66. The number of hydrogen-bond acceptors (Lipinski definition) is 2. The predicted molar refractivity (Wildman–Crippen MR) is 83.9 cm³/mol. The minimum atomic E-state index is 0.497. The zero-order chi connectivity index (χ0) is 12.3. The smallest absolute Gasteiger partial charge is 0.0475 e. The van der Waals surface area contributed by atoms with Gasteiger partial charge in [-0.25, -0.2) is 0 Å². The average Bonchev–Trinajstić information content (AvgIpc) is 2.37. The predicted octanol–water partition coefficient (Wildman–Crippen LogP) is 5.54. The van der Waals surface area contributed by atoms with E-state index in [0.29, 0.717) is 4.58 Å². The van der Waals surface area contributed by atoms with Gasteiger partial charge in [-0.1, -0.05) is 69.4 Å². The first-order valence-corrected chi connectivity index (χ1v) is 8.23. The standard InChI is InChI=1S/C15H24S2/c1-2-3-4-5-9-12-15(16)17-13-14-10-7-6-8-11-14/h6-8,10-11,15-16H,2-5,9,12-13H2,1H3. The summed E-state index contributed by atoms with van der Waals surface area (Å²) in [4.78, 5) is 0. The van der Waals surface area contributed by atoms with Crippen molar-refractivity contribution in [2.75, 3.05) is 0 Å². The van der Waals surface area contributed by atoms with Crippen molar-refractivity contribution >= 4 is 24.4 Å². The van der Waals surface area contributed by atoms with Gasteiger partial charge in [0.05, 0.1) is 0 Å². The summed E-state index contributed by atoms with van der Waals surface area (Å²) in [5.41, 5.74) is 1.41. The Kier molecular flexibility index (Phi) is 8.72. The number of thiol groups is 1. The molecule has 0 aromatic heterocycles. The SMILES string of the molecule is CCCCCCCC(S)SCc1ccccc1. The van der Waals surface area contributed by atoms with E-state index in [1.165, 1.54) is 44.1 Å². The lowest BCUT2D eigenvalue weighted by molar-refractivity contribution is 0.622. The van der Waals surface area contributed by atoms with Crippen molar-refractivity contribution < 1.29 is 0 Å². The first kappa shape index (κ1) is 15.0. The first-order chi connectivity index (χ1) is 8.33. The van der Waals surface area contributed by atoms with Gasteiger partial charge in [0, 0.05) is 10.3 Å². The fourth-order valence-corrected chi connectivity index (χ4v) is 3.09. The molecule has 0 aliphatic heterocycles. The lowest BCUT2D eigenvalue weighted by Crippen LogP contribution is -1.94. The molecule has 1 rings (SSSR count). The van der Waals surface area contributed by atoms with E-state index in [1.54, 1.807) is 0 Å². The Morgan fingerprint density at radius 1 is 1.06 bits per heavy atom. The van der Waals surface area contributed by atoms with Gasteiger partial charge in [-0.05, 0) is 12.0 Å². The number of benzene rings is 1. The topological polar surface area (TPSA) is 0 Å². The second-order valence-electron chi connectivity index (χ2n) is 4.45. The molecule has 0 radical (unpaired) electrons. The minimum absolute atomic E-state index is 0.497. The van der Waals surface area contributed by atoms with Crippen LogP contribution in [0.3, 0.4) is 0 Å². The van der Waals surface area contributed by atoms with E-state index < -0.39 is 0 Å². The monoisotopic (exact) mass is 268 g/mol. The number of thioether (sulfide) groups is 1. The van der Waals surface area contributed by atoms with Crippen LogP contribution < -0.4 is 0 Å². The Balaban J connectivity index is 2.03. The molecule has 2 heteroatoms. The van der Waals surface area contributed by atoms with E-state index in [-0.39, 0.29) is 0 Å². The van der Waals surface area contributed by atoms with Crippen LogP contribution in [0.2, 0.25) is 0 Å². The molecule has 0 saturated carbocycles. The van der Waals surface area contributed by atoms with Gasteiger partial charge in [0.25, 0.3) is 0 Å². The highest BCUT2D eigenvalue weighted by Gasteiger charge is 2.03. The van der Waals surface area contributed by atoms with E-state index in [4.69, 9.17) is 0 Å². The maximum Gasteiger partial charge on any atom is 0.0475 e. The molecule has 0 heterocycles. The second kappa shape index (κ2) is 9.90. The van der Waals surface area contributed by atoms with E-state index in [1.807, 2.05) is 11.8 Å². The summed E-state index contributed by atoms with van der Waals surface area (Å²) < 4.78 is 0.497. The van der Waals surface area contributed by atoms with Crippen LogP contribution in [0.1, 0.15) is 51.0 Å². The van der Waals surface area contributed by atoms with E-state index in [2.05, 4.69) is 49.9 Å². The minimum Gasteiger partial charge on any atom is -0.165 e. The third-order valence-corrected chi connectivity index (χ3v) is 4.67. The molecule has 0 spiro atoms. The Labute approximate surface area is 116 Å². The molecule has 0 N–H and O–H groups in total. The molecule has 1 unspecified atom stereocenters. The summed E-state index contributed by atoms with van der Waals surface area (Å²) in [5.74, 6) is 1.09. The average molecular weight is 268 g/mol. The van der Waals surface area contributed by atoms with Crippen molar-refractivity contribution in [3.8, 4) is 0 Å². The maximum absolute atomic E-state index is 4.65. The largest absolute Gasteiger partial charge is 0.165 e. The molecule has 0 aliphatic rings. The van der Waals surface area contributed by atoms with E-state index in [9.17, 15) is 0 Å². The molecule has 17 heavy (non-hydrogen) atoms. The molecule has 0 saturated heterocycles. The zero-order valence-corrected chi connectivity index (χ0v) is 12.5. The highest BCUT2D eigenvalue weighted by Crippen LogP contribution is 2.25. The van der Waals surface area contributed by atoms with Crippen LogP contribution in [-0.4, -0.2) is 4.58 Å². The van der Waals surface area contributed by atoms with Gasteiger partial charge in [-0.3, -0.25) is 0 Å². The molecular weight excluding hydrogens is 244 g/mol. The highest BCUT2D eigenvalue weighted by atomic mass is 32.2. The van der Waals surface area contributed by atoms with Gasteiger partial charge in [0.1, 0.15) is 0 Å². The lowest BCUT2D eigenvalue weighted by Gasteiger charge is -2.10. The Hall–Kier alpha value is -0.0800. The molecular formula is C15H24S2. The van der Waals surface area contributed by atoms with E-state index >= 15 is 0 Å². The van der Waals surface area contributed by atoms with Crippen LogP contribution >= 0.6 is 24.4 Å². The van der Waals surface area contributed by atoms with Crippen molar-refractivity contribution in [1.29, 1.82) is 0 Å². The van der Waals surface area contributed by atoms with Gasteiger partial charge in [-0.2, -0.15) is 12.6 Å². The van der Waals surface area contributed by atoms with Gasteiger partial charge in [0.15, 0.2) is 0 Å². The summed E-state index contributed by atoms with van der Waals surface area (Å²) in [6.45, 7) is 2.26. The fraction of sp³-hybridized carbons (Fsp3) is 0.600. The summed E-state index contributed by atoms with van der Waals surface area (Å²) in [7, 11) is 0. The van der Waals surface area contributed by atoms with Crippen molar-refractivity contribution in [1.82, 2.24) is 0 Å². The highest BCUT2D eigenvalue weighted by molar-refractivity contribution is 8.09. The Bertz CT molecular complexity index is 272.